The van der Waals surface area contributed by atoms with E-state index in [0.29, 0.717) is 39.5 Å². The van der Waals surface area contributed by atoms with Crippen molar-refractivity contribution in [3.8, 4) is 11.5 Å². The third-order valence-electron chi connectivity index (χ3n) is 9.31. The van der Waals surface area contributed by atoms with E-state index < -0.39 is 76.2 Å². The van der Waals surface area contributed by atoms with E-state index >= 15 is 0 Å². The number of ether oxygens (including phenoxy) is 1. The Morgan fingerprint density at radius 1 is 0.894 bits per heavy atom. The topological polar surface area (TPSA) is 101 Å². The van der Waals surface area contributed by atoms with Crippen LogP contribution in [0, 0.1) is 23.7 Å². The maximum Gasteiger partial charge on any atom is 0.416 e. The summed E-state index contributed by atoms with van der Waals surface area (Å²) in [6, 6.07) is 5.06. The molecule has 47 heavy (non-hydrogen) atoms. The highest BCUT2D eigenvalue weighted by atomic mass is 79.9. The minimum atomic E-state index is -5.21. The van der Waals surface area contributed by atoms with E-state index in [0.717, 1.165) is 6.08 Å². The molecule has 1 fully saturated rings. The van der Waals surface area contributed by atoms with E-state index in [-0.39, 0.29) is 46.7 Å². The van der Waals surface area contributed by atoms with Crippen LogP contribution in [0.1, 0.15) is 29.5 Å². The fourth-order valence-corrected chi connectivity index (χ4v) is 7.79. The van der Waals surface area contributed by atoms with Crippen LogP contribution in [-0.2, 0) is 38.0 Å². The predicted octanol–water partition coefficient (Wildman–Crippen LogP) is 6.75. The average molecular weight is 720 g/mol. The third kappa shape index (κ3) is 4.95. The van der Waals surface area contributed by atoms with Crippen LogP contribution < -0.4 is 9.64 Å². The van der Waals surface area contributed by atoms with E-state index in [9.17, 15) is 50.6 Å². The zero-order valence-electron chi connectivity index (χ0n) is 23.7. The molecule has 5 aliphatic rings. The number of phenols is 1. The highest BCUT2D eigenvalue weighted by Gasteiger charge is 2.57. The van der Waals surface area contributed by atoms with Crippen LogP contribution in [0.15, 0.2) is 81.6 Å². The van der Waals surface area contributed by atoms with Crippen molar-refractivity contribution >= 4 is 45.0 Å². The summed E-state index contributed by atoms with van der Waals surface area (Å²) in [4.78, 5) is 55.0. The van der Waals surface area contributed by atoms with E-state index in [1.165, 1.54) is 18.4 Å². The number of carbonyl (C=O) groups excluding carboxylic acids is 4. The predicted molar refractivity (Wildman–Crippen MR) is 155 cm³/mol. The monoisotopic (exact) mass is 719 g/mol. The molecular weight excluding hydrogens is 700 g/mol. The van der Waals surface area contributed by atoms with E-state index in [1.807, 2.05) is 0 Å². The number of phenolic OH excluding ortho intramolecular Hbond substituents is 1. The largest absolute Gasteiger partial charge is 0.508 e. The number of halogens is 7. The highest BCUT2D eigenvalue weighted by Crippen LogP contribution is 2.55. The lowest BCUT2D eigenvalue weighted by atomic mass is 9.59. The van der Waals surface area contributed by atoms with Crippen LogP contribution in [-0.4, -0.2) is 28.5 Å². The maximum atomic E-state index is 14.0. The van der Waals surface area contributed by atoms with Gasteiger partial charge in [0.15, 0.2) is 11.6 Å². The molecule has 2 aromatic rings. The molecule has 4 atom stereocenters. The van der Waals surface area contributed by atoms with Gasteiger partial charge in [0.2, 0.25) is 11.8 Å². The molecule has 0 spiro atoms. The molecule has 7 rings (SSSR count). The van der Waals surface area contributed by atoms with Gasteiger partial charge in [-0.15, -0.1) is 0 Å². The van der Waals surface area contributed by atoms with E-state index in [1.54, 1.807) is 12.1 Å². The first-order chi connectivity index (χ1) is 22.0. The van der Waals surface area contributed by atoms with Gasteiger partial charge in [0.1, 0.15) is 11.5 Å². The molecule has 0 unspecified atom stereocenters. The molecule has 1 N–H and O–H groups in total. The number of imide groups is 1. The normalized spacial score (nSPS) is 25.8. The number of fused-ring (bicyclic) bond motifs is 4. The Balaban J connectivity index is 1.33. The number of benzene rings is 2. The van der Waals surface area contributed by atoms with Crippen molar-refractivity contribution in [1.29, 1.82) is 0 Å². The molecule has 242 valence electrons. The van der Waals surface area contributed by atoms with Crippen LogP contribution in [0.2, 0.25) is 0 Å². The summed E-state index contributed by atoms with van der Waals surface area (Å²) >= 11 is 3.11. The summed E-state index contributed by atoms with van der Waals surface area (Å²) < 4.78 is 87.7. The van der Waals surface area contributed by atoms with E-state index in [2.05, 4.69) is 15.9 Å². The van der Waals surface area contributed by atoms with Crippen molar-refractivity contribution in [3.63, 3.8) is 0 Å². The zero-order valence-corrected chi connectivity index (χ0v) is 25.3. The molecule has 0 aromatic heterocycles. The van der Waals surface area contributed by atoms with Crippen molar-refractivity contribution in [2.45, 2.75) is 31.6 Å². The van der Waals surface area contributed by atoms with Crippen molar-refractivity contribution in [2.75, 3.05) is 4.90 Å². The van der Waals surface area contributed by atoms with Gasteiger partial charge >= 0.3 is 12.4 Å². The number of aromatic hydroxyl groups is 1. The minimum Gasteiger partial charge on any atom is -0.508 e. The highest BCUT2D eigenvalue weighted by molar-refractivity contribution is 9.12. The van der Waals surface area contributed by atoms with Gasteiger partial charge in [0.05, 0.1) is 39.4 Å². The minimum absolute atomic E-state index is 0.0250. The maximum absolute atomic E-state index is 14.0. The van der Waals surface area contributed by atoms with Crippen LogP contribution in [0.3, 0.4) is 0 Å². The molecule has 7 nitrogen and oxygen atoms in total. The fraction of sp³-hybridized carbons (Fsp3) is 0.273. The lowest BCUT2D eigenvalue weighted by Gasteiger charge is -2.43. The number of hydrogen-bond donors (Lipinski definition) is 1. The second-order valence-electron chi connectivity index (χ2n) is 11.9. The Hall–Kier alpha value is -4.46. The van der Waals surface area contributed by atoms with Gasteiger partial charge < -0.3 is 9.84 Å². The quantitative estimate of drug-likeness (QED) is 0.160. The number of ketones is 2. The molecule has 2 aromatic carbocycles. The summed E-state index contributed by atoms with van der Waals surface area (Å²) in [6.07, 6.45) is -6.26. The number of anilines is 1. The number of hydrogen-bond acceptors (Lipinski definition) is 6. The summed E-state index contributed by atoms with van der Waals surface area (Å²) in [5, 5.41) is 10.1. The Morgan fingerprint density at radius 2 is 1.57 bits per heavy atom. The Bertz CT molecular complexity index is 1920. The summed E-state index contributed by atoms with van der Waals surface area (Å²) in [5.41, 5.74) is -2.38. The number of Topliss-reactive ketones (excluding diaryl/α,β-unsaturated/α-hetero) is 1. The standard InChI is InChI=1S/C33H20BrF6NO6/c34-23-11-24(43)28-22(29(23)44)10-21-19(26(28)14-5-13-6-18(42)1-4-25(13)47-12-14)2-3-20-27(21)31(46)41(30(20)45)17-8-15(32(35,36)37)7-16(9-17)33(38,39)40/h1-2,4,6-9,11-12,20-21,26-27,42H,3,5,10H2/t20-,21+,26-,27-/m0/s1. The number of carbonyl (C=O) groups is 4. The number of amides is 2. The molecule has 0 saturated carbocycles. The lowest BCUT2D eigenvalue weighted by molar-refractivity contribution is -0.143. The van der Waals surface area contributed by atoms with Crippen LogP contribution >= 0.6 is 15.9 Å². The first-order valence-electron chi connectivity index (χ1n) is 14.3. The first-order valence-corrected chi connectivity index (χ1v) is 15.1. The molecule has 1 saturated heterocycles. The van der Waals surface area contributed by atoms with Gasteiger partial charge in [-0.05, 0) is 76.7 Å². The van der Waals surface area contributed by atoms with Crippen molar-refractivity contribution in [1.82, 2.24) is 0 Å². The van der Waals surface area contributed by atoms with Crippen LogP contribution in [0.25, 0.3) is 0 Å². The second kappa shape index (κ2) is 10.5. The Morgan fingerprint density at radius 3 is 2.23 bits per heavy atom. The molecular formula is C33H20BrF6NO6. The molecule has 14 heteroatoms. The number of allylic oxidation sites excluding steroid dienone is 7. The van der Waals surface area contributed by atoms with Gasteiger partial charge in [-0.2, -0.15) is 26.3 Å². The van der Waals surface area contributed by atoms with Crippen LogP contribution in [0.4, 0.5) is 32.0 Å². The zero-order chi connectivity index (χ0) is 33.7. The van der Waals surface area contributed by atoms with Crippen molar-refractivity contribution < 1.29 is 55.4 Å². The van der Waals surface area contributed by atoms with Gasteiger partial charge in [0.25, 0.3) is 0 Å². The van der Waals surface area contributed by atoms with Gasteiger partial charge in [-0.1, -0.05) is 11.6 Å². The Labute approximate surface area is 270 Å². The molecule has 0 radical (unpaired) electrons. The number of nitrogens with zero attached hydrogens (tertiary/aromatic N) is 1. The van der Waals surface area contributed by atoms with Crippen LogP contribution in [0.5, 0.6) is 11.5 Å². The average Bonchev–Trinajstić information content (AvgIpc) is 3.26. The molecule has 2 heterocycles. The third-order valence-corrected chi connectivity index (χ3v) is 9.90. The Kier molecular flexibility index (Phi) is 6.98. The van der Waals surface area contributed by atoms with Gasteiger partial charge in [-0.25, -0.2) is 4.90 Å². The molecule has 3 aliphatic carbocycles. The smallest absolute Gasteiger partial charge is 0.416 e. The molecule has 2 amide bonds. The molecule has 0 bridgehead atoms. The number of rotatable bonds is 2. The lowest BCUT2D eigenvalue weighted by Crippen LogP contribution is -2.41. The molecule has 2 aliphatic heterocycles. The summed E-state index contributed by atoms with van der Waals surface area (Å²) in [6.45, 7) is 0. The first kappa shape index (κ1) is 31.2. The van der Waals surface area contributed by atoms with Crippen molar-refractivity contribution in [2.24, 2.45) is 23.7 Å². The number of alkyl halides is 6. The summed E-state index contributed by atoms with van der Waals surface area (Å²) in [5.74, 6) is -6.71. The van der Waals surface area contributed by atoms with Crippen molar-refractivity contribution in [3.05, 3.63) is 98.3 Å². The second-order valence-corrected chi connectivity index (χ2v) is 12.8. The SMILES string of the molecule is O=C1C=C(Br)C(=O)C2=C1[C@@H](C1=COc3ccc(O)cc3C1)C1=CC[C@@H]3C(=O)N(c4cc(C(F)(F)F)cc(C(F)(F)F)c4)C(=O)[C@@H]3[C@@H]1C2. The summed E-state index contributed by atoms with van der Waals surface area (Å²) in [7, 11) is 0. The van der Waals surface area contributed by atoms with Gasteiger partial charge in [0, 0.05) is 35.1 Å². The fourth-order valence-electron chi connectivity index (χ4n) is 7.34. The van der Waals surface area contributed by atoms with E-state index in [4.69, 9.17) is 4.74 Å². The van der Waals surface area contributed by atoms with Gasteiger partial charge in [-0.3, -0.25) is 19.2 Å².